The van der Waals surface area contributed by atoms with Gasteiger partial charge in [0.15, 0.2) is 0 Å². The molecule has 0 saturated heterocycles. The highest BCUT2D eigenvalue weighted by molar-refractivity contribution is 5.88. The molecule has 0 aliphatic carbocycles. The van der Waals surface area contributed by atoms with Crippen LogP contribution in [0.2, 0.25) is 0 Å². The lowest BCUT2D eigenvalue weighted by atomic mass is 10.1. The molecule has 104 valence electrons. The largest absolute Gasteiger partial charge is 0.478 e. The fraction of sp³-hybridized carbons (Fsp3) is 0. The second-order valence-electron chi connectivity index (χ2n) is 4.49. The van der Waals surface area contributed by atoms with Crippen molar-refractivity contribution in [1.82, 2.24) is 9.78 Å². The van der Waals surface area contributed by atoms with Crippen LogP contribution in [0.25, 0.3) is 16.9 Å². The molecule has 3 aromatic rings. The summed E-state index contributed by atoms with van der Waals surface area (Å²) in [4.78, 5) is 11.0. The molecule has 0 unspecified atom stereocenters. The third kappa shape index (κ3) is 2.53. The van der Waals surface area contributed by atoms with Gasteiger partial charge in [0.05, 0.1) is 23.1 Å². The van der Waals surface area contributed by atoms with Crippen molar-refractivity contribution in [3.8, 4) is 16.9 Å². The molecule has 0 spiro atoms. The molecule has 5 heteroatoms. The lowest BCUT2D eigenvalue weighted by molar-refractivity contribution is 0.0697. The number of hydrogen-bond donors (Lipinski definition) is 1. The molecule has 3 rings (SSSR count). The standard InChI is InChI=1S/C16H11FN2O2/c17-13-6-4-11(5-7-13)15-8-9-18-19(15)14-3-1-2-12(10-14)16(20)21/h1-10H,(H,20,21). The van der Waals surface area contributed by atoms with Gasteiger partial charge in [-0.05, 0) is 48.5 Å². The normalized spacial score (nSPS) is 10.5. The molecular weight excluding hydrogens is 271 g/mol. The number of halogens is 1. The van der Waals surface area contributed by atoms with Crippen LogP contribution in [0, 0.1) is 5.82 Å². The van der Waals surface area contributed by atoms with Crippen molar-refractivity contribution in [3.05, 3.63) is 72.2 Å². The number of carboxylic acid groups (broad SMARTS) is 1. The van der Waals surface area contributed by atoms with E-state index < -0.39 is 5.97 Å². The summed E-state index contributed by atoms with van der Waals surface area (Å²) in [6, 6.07) is 14.4. The van der Waals surface area contributed by atoms with Gasteiger partial charge in [-0.2, -0.15) is 5.10 Å². The molecule has 4 nitrogen and oxygen atoms in total. The van der Waals surface area contributed by atoms with E-state index in [2.05, 4.69) is 5.10 Å². The first-order chi connectivity index (χ1) is 10.1. The zero-order chi connectivity index (χ0) is 14.8. The Bertz CT molecular complexity index is 794. The van der Waals surface area contributed by atoms with Gasteiger partial charge < -0.3 is 5.11 Å². The Balaban J connectivity index is 2.08. The second kappa shape index (κ2) is 5.20. The van der Waals surface area contributed by atoms with Gasteiger partial charge in [-0.3, -0.25) is 0 Å². The Morgan fingerprint density at radius 1 is 1.10 bits per heavy atom. The lowest BCUT2D eigenvalue weighted by Gasteiger charge is -2.08. The highest BCUT2D eigenvalue weighted by atomic mass is 19.1. The summed E-state index contributed by atoms with van der Waals surface area (Å²) in [5.74, 6) is -1.30. The van der Waals surface area contributed by atoms with E-state index in [1.165, 1.54) is 18.2 Å². The van der Waals surface area contributed by atoms with Crippen LogP contribution in [0.4, 0.5) is 4.39 Å². The number of hydrogen-bond acceptors (Lipinski definition) is 2. The van der Waals surface area contributed by atoms with Crippen LogP contribution < -0.4 is 0 Å². The third-order valence-corrected chi connectivity index (χ3v) is 3.12. The predicted molar refractivity (Wildman–Crippen MR) is 75.9 cm³/mol. The molecule has 0 aliphatic heterocycles. The average Bonchev–Trinajstić information content (AvgIpc) is 2.97. The first-order valence-electron chi connectivity index (χ1n) is 6.29. The van der Waals surface area contributed by atoms with Crippen LogP contribution in [-0.4, -0.2) is 20.9 Å². The van der Waals surface area contributed by atoms with Crippen LogP contribution >= 0.6 is 0 Å². The van der Waals surface area contributed by atoms with Crippen LogP contribution in [0.15, 0.2) is 60.8 Å². The van der Waals surface area contributed by atoms with Crippen LogP contribution in [0.3, 0.4) is 0 Å². The van der Waals surface area contributed by atoms with Gasteiger partial charge in [0, 0.05) is 5.56 Å². The Hall–Kier alpha value is -2.95. The molecule has 0 saturated carbocycles. The highest BCUT2D eigenvalue weighted by Gasteiger charge is 2.10. The number of nitrogens with zero attached hydrogens (tertiary/aromatic N) is 2. The first kappa shape index (κ1) is 13.1. The van der Waals surface area contributed by atoms with Crippen LogP contribution in [0.1, 0.15) is 10.4 Å². The maximum absolute atomic E-state index is 13.0. The highest BCUT2D eigenvalue weighted by Crippen LogP contribution is 2.23. The number of carbonyl (C=O) groups is 1. The van der Waals surface area contributed by atoms with Crippen molar-refractivity contribution in [3.63, 3.8) is 0 Å². The predicted octanol–water partition coefficient (Wildman–Crippen LogP) is 3.38. The molecule has 21 heavy (non-hydrogen) atoms. The van der Waals surface area contributed by atoms with Gasteiger partial charge in [0.1, 0.15) is 5.82 Å². The lowest BCUT2D eigenvalue weighted by Crippen LogP contribution is -2.02. The summed E-state index contributed by atoms with van der Waals surface area (Å²) >= 11 is 0. The summed E-state index contributed by atoms with van der Waals surface area (Å²) < 4.78 is 14.6. The number of aromatic carboxylic acids is 1. The molecule has 1 aromatic heterocycles. The van der Waals surface area contributed by atoms with E-state index in [0.29, 0.717) is 5.69 Å². The molecular formula is C16H11FN2O2. The maximum Gasteiger partial charge on any atom is 0.335 e. The van der Waals surface area contributed by atoms with E-state index in [9.17, 15) is 9.18 Å². The number of rotatable bonds is 3. The molecule has 0 radical (unpaired) electrons. The summed E-state index contributed by atoms with van der Waals surface area (Å²) in [6.07, 6.45) is 1.62. The number of benzene rings is 2. The molecule has 1 N–H and O–H groups in total. The fourth-order valence-corrected chi connectivity index (χ4v) is 2.12. The zero-order valence-corrected chi connectivity index (χ0v) is 10.9. The third-order valence-electron chi connectivity index (χ3n) is 3.12. The number of aromatic nitrogens is 2. The summed E-state index contributed by atoms with van der Waals surface area (Å²) in [6.45, 7) is 0. The molecule has 0 bridgehead atoms. The SMILES string of the molecule is O=C(O)c1cccc(-n2nccc2-c2ccc(F)cc2)c1. The van der Waals surface area contributed by atoms with Crippen molar-refractivity contribution in [2.24, 2.45) is 0 Å². The summed E-state index contributed by atoms with van der Waals surface area (Å²) in [5, 5.41) is 13.3. The van der Waals surface area contributed by atoms with Crippen molar-refractivity contribution >= 4 is 5.97 Å². The smallest absolute Gasteiger partial charge is 0.335 e. The van der Waals surface area contributed by atoms with E-state index in [1.807, 2.05) is 0 Å². The van der Waals surface area contributed by atoms with Crippen molar-refractivity contribution in [1.29, 1.82) is 0 Å². The van der Waals surface area contributed by atoms with Gasteiger partial charge >= 0.3 is 5.97 Å². The van der Waals surface area contributed by atoms with Gasteiger partial charge in [-0.25, -0.2) is 13.9 Å². The Labute approximate surface area is 120 Å². The average molecular weight is 282 g/mol. The van der Waals surface area contributed by atoms with E-state index in [0.717, 1.165) is 11.3 Å². The van der Waals surface area contributed by atoms with E-state index in [4.69, 9.17) is 5.11 Å². The second-order valence-corrected chi connectivity index (χ2v) is 4.49. The molecule has 0 amide bonds. The molecule has 2 aromatic carbocycles. The molecule has 0 aliphatic rings. The van der Waals surface area contributed by atoms with Gasteiger partial charge in [0.2, 0.25) is 0 Å². The minimum Gasteiger partial charge on any atom is -0.478 e. The van der Waals surface area contributed by atoms with Gasteiger partial charge in [-0.15, -0.1) is 0 Å². The van der Waals surface area contributed by atoms with Crippen LogP contribution in [-0.2, 0) is 0 Å². The van der Waals surface area contributed by atoms with E-state index in [1.54, 1.807) is 47.3 Å². The molecule has 0 fully saturated rings. The van der Waals surface area contributed by atoms with Crippen LogP contribution in [0.5, 0.6) is 0 Å². The molecule has 1 heterocycles. The zero-order valence-electron chi connectivity index (χ0n) is 10.9. The molecule has 0 atom stereocenters. The fourth-order valence-electron chi connectivity index (χ4n) is 2.12. The van der Waals surface area contributed by atoms with E-state index in [-0.39, 0.29) is 11.4 Å². The van der Waals surface area contributed by atoms with E-state index >= 15 is 0 Å². The van der Waals surface area contributed by atoms with Crippen molar-refractivity contribution in [2.75, 3.05) is 0 Å². The monoisotopic (exact) mass is 282 g/mol. The Morgan fingerprint density at radius 2 is 1.86 bits per heavy atom. The minimum atomic E-state index is -0.993. The summed E-state index contributed by atoms with van der Waals surface area (Å²) in [5.41, 5.74) is 2.39. The topological polar surface area (TPSA) is 55.1 Å². The van der Waals surface area contributed by atoms with Gasteiger partial charge in [-0.1, -0.05) is 6.07 Å². The number of carboxylic acids is 1. The first-order valence-corrected chi connectivity index (χ1v) is 6.29. The Morgan fingerprint density at radius 3 is 2.57 bits per heavy atom. The Kier molecular flexibility index (Phi) is 3.23. The quantitative estimate of drug-likeness (QED) is 0.801. The van der Waals surface area contributed by atoms with Crippen molar-refractivity contribution in [2.45, 2.75) is 0 Å². The van der Waals surface area contributed by atoms with Gasteiger partial charge in [0.25, 0.3) is 0 Å². The minimum absolute atomic E-state index is 0.188. The van der Waals surface area contributed by atoms with Crippen molar-refractivity contribution < 1.29 is 14.3 Å². The summed E-state index contributed by atoms with van der Waals surface area (Å²) in [7, 11) is 0. The maximum atomic E-state index is 13.0.